The molecule has 3 N–H and O–H groups in total. The predicted molar refractivity (Wildman–Crippen MR) is 90.8 cm³/mol. The van der Waals surface area contributed by atoms with Crippen molar-refractivity contribution in [3.05, 3.63) is 10.6 Å². The van der Waals surface area contributed by atoms with Crippen molar-refractivity contribution < 1.29 is 19.8 Å². The normalized spacial score (nSPS) is 34.8. The third-order valence-electron chi connectivity index (χ3n) is 4.83. The molecule has 6 nitrogen and oxygen atoms in total. The minimum atomic E-state index is -1.07. The van der Waals surface area contributed by atoms with Crippen LogP contribution < -0.4 is 5.32 Å². The second-order valence-corrected chi connectivity index (χ2v) is 8.19. The molecular formula is C15H20N2O4S2. The number of carbonyl (C=O) groups is 2. The van der Waals surface area contributed by atoms with Gasteiger partial charge in [-0.1, -0.05) is 19.1 Å². The zero-order valence-electron chi connectivity index (χ0n) is 13.0. The van der Waals surface area contributed by atoms with Crippen molar-refractivity contribution >= 4 is 40.8 Å². The molecule has 23 heavy (non-hydrogen) atoms. The molecule has 0 saturated carbocycles. The van der Waals surface area contributed by atoms with Gasteiger partial charge in [-0.05, 0) is 19.8 Å². The summed E-state index contributed by atoms with van der Waals surface area (Å²) in [5, 5.41) is 22.8. The molecule has 0 aromatic rings. The Morgan fingerprint density at radius 3 is 2.74 bits per heavy atom. The van der Waals surface area contributed by atoms with Crippen LogP contribution in [0.5, 0.6) is 0 Å². The van der Waals surface area contributed by atoms with Crippen LogP contribution in [0.25, 0.3) is 0 Å². The molecule has 0 aromatic heterocycles. The standard InChI is InChI=1S/C15H20N2O4S2/c1-6-11-10(7(2)18)14(19)17(11)12(15(20)21)13(6)23-8-3-4-9(22)16-5-8/h6-8,10-11,18H,3-5H2,1-2H3,(H,16,22)(H,20,21)/t6-,7-,8?,10-,11-/m1/s1. The van der Waals surface area contributed by atoms with Crippen LogP contribution in [0.1, 0.15) is 26.7 Å². The van der Waals surface area contributed by atoms with Crippen LogP contribution in [-0.2, 0) is 9.59 Å². The van der Waals surface area contributed by atoms with Gasteiger partial charge in [0.1, 0.15) is 5.70 Å². The summed E-state index contributed by atoms with van der Waals surface area (Å²) >= 11 is 6.67. The van der Waals surface area contributed by atoms with E-state index in [2.05, 4.69) is 5.32 Å². The van der Waals surface area contributed by atoms with E-state index < -0.39 is 18.0 Å². The predicted octanol–water partition coefficient (Wildman–Crippen LogP) is 0.953. The molecule has 0 radical (unpaired) electrons. The van der Waals surface area contributed by atoms with Gasteiger partial charge < -0.3 is 20.4 Å². The third-order valence-corrected chi connectivity index (χ3v) is 6.73. The van der Waals surface area contributed by atoms with Crippen molar-refractivity contribution in [2.24, 2.45) is 11.8 Å². The zero-order chi connectivity index (χ0) is 16.9. The Morgan fingerprint density at radius 2 is 2.22 bits per heavy atom. The Balaban J connectivity index is 1.84. The molecule has 1 unspecified atom stereocenters. The van der Waals surface area contributed by atoms with Gasteiger partial charge in [0, 0.05) is 22.6 Å². The van der Waals surface area contributed by atoms with Crippen molar-refractivity contribution in [1.82, 2.24) is 10.2 Å². The molecule has 3 aliphatic heterocycles. The number of β-lactam (4-membered cyclic amide) rings is 1. The van der Waals surface area contributed by atoms with Crippen molar-refractivity contribution in [2.75, 3.05) is 6.54 Å². The van der Waals surface area contributed by atoms with Crippen LogP contribution in [0, 0.1) is 11.8 Å². The molecule has 0 bridgehead atoms. The number of amides is 1. The molecule has 3 heterocycles. The van der Waals surface area contributed by atoms with Crippen LogP contribution >= 0.6 is 24.0 Å². The molecule has 1 amide bonds. The van der Waals surface area contributed by atoms with E-state index in [-0.39, 0.29) is 28.8 Å². The quantitative estimate of drug-likeness (QED) is 0.510. The van der Waals surface area contributed by atoms with Crippen molar-refractivity contribution in [3.63, 3.8) is 0 Å². The van der Waals surface area contributed by atoms with Crippen LogP contribution in [0.3, 0.4) is 0 Å². The average molecular weight is 356 g/mol. The summed E-state index contributed by atoms with van der Waals surface area (Å²) < 4.78 is 0. The molecule has 8 heteroatoms. The number of carbonyl (C=O) groups excluding carboxylic acids is 1. The number of fused-ring (bicyclic) bond motifs is 1. The number of nitrogens with one attached hydrogen (secondary N) is 1. The summed E-state index contributed by atoms with van der Waals surface area (Å²) in [7, 11) is 0. The number of aliphatic hydroxyl groups is 1. The monoisotopic (exact) mass is 356 g/mol. The lowest BCUT2D eigenvalue weighted by Crippen LogP contribution is -2.63. The maximum atomic E-state index is 12.3. The van der Waals surface area contributed by atoms with Gasteiger partial charge in [0.05, 0.1) is 23.1 Å². The van der Waals surface area contributed by atoms with E-state index in [4.69, 9.17) is 12.2 Å². The first kappa shape index (κ1) is 16.7. The topological polar surface area (TPSA) is 89.9 Å². The number of aliphatic carboxylic acids is 1. The fraction of sp³-hybridized carbons (Fsp3) is 0.667. The summed E-state index contributed by atoms with van der Waals surface area (Å²) in [6, 6.07) is -0.242. The fourth-order valence-electron chi connectivity index (χ4n) is 3.67. The van der Waals surface area contributed by atoms with Crippen LogP contribution in [0.2, 0.25) is 0 Å². The summed E-state index contributed by atoms with van der Waals surface area (Å²) in [6.07, 6.45) is 0.941. The Hall–Kier alpha value is -1.12. The van der Waals surface area contributed by atoms with Gasteiger partial charge in [-0.3, -0.25) is 4.79 Å². The maximum absolute atomic E-state index is 12.3. The highest BCUT2D eigenvalue weighted by molar-refractivity contribution is 8.03. The lowest BCUT2D eigenvalue weighted by Gasteiger charge is -2.46. The number of thioether (sulfide) groups is 1. The molecule has 0 aromatic carbocycles. The highest BCUT2D eigenvalue weighted by atomic mass is 32.2. The Morgan fingerprint density at radius 1 is 1.52 bits per heavy atom. The number of piperidine rings is 1. The summed E-state index contributed by atoms with van der Waals surface area (Å²) in [4.78, 5) is 26.9. The van der Waals surface area contributed by atoms with Crippen LogP contribution in [0.4, 0.5) is 0 Å². The van der Waals surface area contributed by atoms with Gasteiger partial charge in [0.15, 0.2) is 0 Å². The molecule has 2 fully saturated rings. The Kier molecular flexibility index (Phi) is 4.41. The Bertz CT molecular complexity index is 594. The number of nitrogens with zero attached hydrogens (tertiary/aromatic N) is 1. The van der Waals surface area contributed by atoms with E-state index in [1.54, 1.807) is 6.92 Å². The Labute approximate surface area is 144 Å². The number of carboxylic acid groups (broad SMARTS) is 1. The second kappa shape index (κ2) is 6.07. The summed E-state index contributed by atoms with van der Waals surface area (Å²) in [6.45, 7) is 4.24. The third kappa shape index (κ3) is 2.66. The number of rotatable bonds is 4. The lowest BCUT2D eigenvalue weighted by molar-refractivity contribution is -0.163. The van der Waals surface area contributed by atoms with Crippen molar-refractivity contribution in [2.45, 2.75) is 44.1 Å². The highest BCUT2D eigenvalue weighted by Gasteiger charge is 2.60. The summed E-state index contributed by atoms with van der Waals surface area (Å²) in [5.74, 6) is -1.93. The number of thiocarbonyl (C=S) groups is 1. The minimum Gasteiger partial charge on any atom is -0.477 e. The van der Waals surface area contributed by atoms with Gasteiger partial charge in [0.2, 0.25) is 5.91 Å². The molecule has 3 aliphatic rings. The molecule has 5 atom stereocenters. The van der Waals surface area contributed by atoms with E-state index >= 15 is 0 Å². The first-order valence-electron chi connectivity index (χ1n) is 7.75. The van der Waals surface area contributed by atoms with E-state index in [1.807, 2.05) is 6.92 Å². The number of hydrogen-bond donors (Lipinski definition) is 3. The first-order valence-corrected chi connectivity index (χ1v) is 9.03. The molecule has 3 rings (SSSR count). The van der Waals surface area contributed by atoms with Gasteiger partial charge in [-0.15, -0.1) is 11.8 Å². The van der Waals surface area contributed by atoms with Gasteiger partial charge in [0.25, 0.3) is 0 Å². The van der Waals surface area contributed by atoms with E-state index in [9.17, 15) is 19.8 Å². The molecule has 2 saturated heterocycles. The zero-order valence-corrected chi connectivity index (χ0v) is 14.6. The number of carboxylic acids is 1. The highest BCUT2D eigenvalue weighted by Crippen LogP contribution is 2.51. The lowest BCUT2D eigenvalue weighted by atomic mass is 9.79. The smallest absolute Gasteiger partial charge is 0.353 e. The minimum absolute atomic E-state index is 0.0720. The molecule has 126 valence electrons. The fourth-order valence-corrected chi connectivity index (χ4v) is 5.28. The number of aliphatic hydroxyl groups excluding tert-OH is 1. The first-order chi connectivity index (χ1) is 10.8. The van der Waals surface area contributed by atoms with Gasteiger partial charge in [-0.25, -0.2) is 4.79 Å². The molecule has 0 spiro atoms. The molecular weight excluding hydrogens is 336 g/mol. The van der Waals surface area contributed by atoms with Crippen molar-refractivity contribution in [1.29, 1.82) is 0 Å². The van der Waals surface area contributed by atoms with Crippen LogP contribution in [-0.4, -0.2) is 55.9 Å². The van der Waals surface area contributed by atoms with E-state index in [1.165, 1.54) is 16.7 Å². The summed E-state index contributed by atoms with van der Waals surface area (Å²) in [5.41, 5.74) is 0.0996. The second-order valence-electron chi connectivity index (χ2n) is 6.35. The van der Waals surface area contributed by atoms with Crippen LogP contribution in [0.15, 0.2) is 10.6 Å². The average Bonchev–Trinajstić information content (AvgIpc) is 2.71. The SMILES string of the molecule is C[C@@H](O)[C@H]1C(=O)N2C(C(=O)O)=C(SC3CCC(=S)NC3)[C@H](C)[C@H]12. The van der Waals surface area contributed by atoms with Gasteiger partial charge in [-0.2, -0.15) is 0 Å². The molecule has 0 aliphatic carbocycles. The number of hydrogen-bond acceptors (Lipinski definition) is 5. The largest absolute Gasteiger partial charge is 0.477 e. The maximum Gasteiger partial charge on any atom is 0.353 e. The van der Waals surface area contributed by atoms with E-state index in [0.717, 1.165) is 22.7 Å². The van der Waals surface area contributed by atoms with Crippen molar-refractivity contribution in [3.8, 4) is 0 Å². The van der Waals surface area contributed by atoms with E-state index in [0.29, 0.717) is 6.54 Å². The van der Waals surface area contributed by atoms with Gasteiger partial charge >= 0.3 is 5.97 Å².